The number of imide groups is 1. The number of carbonyl (C=O) groups is 2. The number of aliphatic hydroxyl groups is 1. The molecule has 26 heavy (non-hydrogen) atoms. The highest BCUT2D eigenvalue weighted by Gasteiger charge is 2.36. The summed E-state index contributed by atoms with van der Waals surface area (Å²) in [5.74, 6) is -1.38. The van der Waals surface area contributed by atoms with Crippen molar-refractivity contribution in [2.75, 3.05) is 32.7 Å². The number of aliphatic hydroxyl groups excluding tert-OH is 1. The van der Waals surface area contributed by atoms with Crippen LogP contribution in [-0.2, 0) is 25.2 Å². The van der Waals surface area contributed by atoms with Crippen LogP contribution < -0.4 is 5.32 Å². The van der Waals surface area contributed by atoms with Gasteiger partial charge in [0.2, 0.25) is 0 Å². The summed E-state index contributed by atoms with van der Waals surface area (Å²) in [7, 11) is 2.42. The fraction of sp³-hybridized carbons (Fsp3) is 0.375. The molecule has 1 aromatic carbocycles. The van der Waals surface area contributed by atoms with Crippen molar-refractivity contribution < 1.29 is 37.3 Å². The maximum atomic E-state index is 13.4. The second-order valence-electron chi connectivity index (χ2n) is 5.30. The molecule has 0 saturated heterocycles. The Labute approximate surface area is 147 Å². The number of rotatable bonds is 7. The van der Waals surface area contributed by atoms with Crippen molar-refractivity contribution in [1.82, 2.24) is 4.90 Å². The van der Waals surface area contributed by atoms with Gasteiger partial charge in [0.15, 0.2) is 6.29 Å². The average molecular weight is 374 g/mol. The van der Waals surface area contributed by atoms with Crippen molar-refractivity contribution in [3.63, 3.8) is 0 Å². The zero-order valence-corrected chi connectivity index (χ0v) is 14.0. The van der Waals surface area contributed by atoms with Gasteiger partial charge < -0.3 is 19.9 Å². The second-order valence-corrected chi connectivity index (χ2v) is 5.30. The fourth-order valence-corrected chi connectivity index (χ4v) is 2.50. The molecule has 1 aliphatic rings. The first-order valence-corrected chi connectivity index (χ1v) is 7.45. The van der Waals surface area contributed by atoms with Gasteiger partial charge in [-0.05, 0) is 12.1 Å². The van der Waals surface area contributed by atoms with E-state index in [0.717, 1.165) is 23.1 Å². The van der Waals surface area contributed by atoms with E-state index >= 15 is 0 Å². The smallest absolute Gasteiger partial charge is 0.395 e. The van der Waals surface area contributed by atoms with Crippen LogP contribution >= 0.6 is 0 Å². The zero-order chi connectivity index (χ0) is 19.5. The van der Waals surface area contributed by atoms with Crippen molar-refractivity contribution in [3.05, 3.63) is 41.1 Å². The van der Waals surface area contributed by atoms with Crippen LogP contribution in [0.3, 0.4) is 0 Å². The monoisotopic (exact) mass is 374 g/mol. The van der Waals surface area contributed by atoms with Gasteiger partial charge in [-0.3, -0.25) is 14.5 Å². The molecule has 2 rings (SSSR count). The van der Waals surface area contributed by atoms with Gasteiger partial charge >= 0.3 is 6.18 Å². The summed E-state index contributed by atoms with van der Waals surface area (Å²) in [5, 5.41) is 11.4. The van der Waals surface area contributed by atoms with E-state index in [-0.39, 0.29) is 23.5 Å². The number of nitrogens with zero attached hydrogens (tertiary/aromatic N) is 1. The lowest BCUT2D eigenvalue weighted by atomic mass is 10.1. The van der Waals surface area contributed by atoms with E-state index in [1.54, 1.807) is 0 Å². The van der Waals surface area contributed by atoms with Crippen molar-refractivity contribution in [2.24, 2.45) is 0 Å². The summed E-state index contributed by atoms with van der Waals surface area (Å²) >= 11 is 0. The van der Waals surface area contributed by atoms with Crippen LogP contribution in [0, 0.1) is 0 Å². The van der Waals surface area contributed by atoms with Gasteiger partial charge in [-0.15, -0.1) is 0 Å². The van der Waals surface area contributed by atoms with Crippen LogP contribution in [0.15, 0.2) is 30.0 Å². The van der Waals surface area contributed by atoms with E-state index in [0.29, 0.717) is 0 Å². The number of anilines is 1. The molecular formula is C16H17F3N2O5. The Kier molecular flexibility index (Phi) is 6.01. The number of methoxy groups -OCH3 is 2. The molecule has 1 aliphatic heterocycles. The number of carbonyl (C=O) groups excluding carboxylic acids is 2. The van der Waals surface area contributed by atoms with Gasteiger partial charge in [0, 0.05) is 31.5 Å². The highest BCUT2D eigenvalue weighted by Crippen LogP contribution is 2.37. The summed E-state index contributed by atoms with van der Waals surface area (Å²) in [4.78, 5) is 24.5. The molecule has 2 N–H and O–H groups in total. The molecule has 0 fully saturated rings. The minimum Gasteiger partial charge on any atom is -0.395 e. The molecule has 142 valence electrons. The molecule has 0 aliphatic carbocycles. The highest BCUT2D eigenvalue weighted by molar-refractivity contribution is 6.17. The van der Waals surface area contributed by atoms with E-state index < -0.39 is 36.5 Å². The third-order valence-electron chi connectivity index (χ3n) is 3.65. The Morgan fingerprint density at radius 3 is 2.42 bits per heavy atom. The summed E-state index contributed by atoms with van der Waals surface area (Å²) in [6, 6.07) is 3.27. The molecule has 1 heterocycles. The molecular weight excluding hydrogens is 357 g/mol. The van der Waals surface area contributed by atoms with Gasteiger partial charge in [0.25, 0.3) is 11.8 Å². The number of hydrogen-bond acceptors (Lipinski definition) is 6. The maximum Gasteiger partial charge on any atom is 0.416 e. The lowest BCUT2D eigenvalue weighted by molar-refractivity contribution is -0.147. The normalized spacial score (nSPS) is 15.0. The SMILES string of the molecule is COC(OC)c1ccc(NC2=CC(=O)N(CCO)C2=O)cc1C(F)(F)F. The van der Waals surface area contributed by atoms with E-state index in [2.05, 4.69) is 5.32 Å². The number of β-amino-alcohol motifs (C(OH)–C–C–N with tert-alkyl or cyclic N) is 1. The average Bonchev–Trinajstić information content (AvgIpc) is 2.84. The van der Waals surface area contributed by atoms with Crippen molar-refractivity contribution in [2.45, 2.75) is 12.5 Å². The molecule has 7 nitrogen and oxygen atoms in total. The Bertz CT molecular complexity index is 729. The standard InChI is InChI=1S/C16H17F3N2O5/c1-25-15(26-2)10-4-3-9(7-11(10)16(17,18)19)20-12-8-13(23)21(5-6-22)14(12)24/h3-4,7-8,15,20,22H,5-6H2,1-2H3. The quantitative estimate of drug-likeness (QED) is 0.558. The Balaban J connectivity index is 2.33. The van der Waals surface area contributed by atoms with E-state index in [1.807, 2.05) is 0 Å². The van der Waals surface area contributed by atoms with Crippen molar-refractivity contribution >= 4 is 17.5 Å². The molecule has 10 heteroatoms. The number of nitrogens with one attached hydrogen (secondary N) is 1. The first-order chi connectivity index (χ1) is 12.2. The number of halogens is 3. The van der Waals surface area contributed by atoms with E-state index in [9.17, 15) is 22.8 Å². The molecule has 0 saturated carbocycles. The van der Waals surface area contributed by atoms with Crippen molar-refractivity contribution in [3.8, 4) is 0 Å². The molecule has 2 amide bonds. The summed E-state index contributed by atoms with van der Waals surface area (Å²) < 4.78 is 49.9. The van der Waals surface area contributed by atoms with Gasteiger partial charge in [0.05, 0.1) is 18.7 Å². The summed E-state index contributed by atoms with van der Waals surface area (Å²) in [5.41, 5.74) is -1.44. The van der Waals surface area contributed by atoms with Gasteiger partial charge in [-0.1, -0.05) is 6.07 Å². The van der Waals surface area contributed by atoms with Crippen LogP contribution in [0.5, 0.6) is 0 Å². The molecule has 0 unspecified atom stereocenters. The molecule has 0 bridgehead atoms. The predicted octanol–water partition coefficient (Wildman–Crippen LogP) is 1.65. The predicted molar refractivity (Wildman–Crippen MR) is 83.7 cm³/mol. The van der Waals surface area contributed by atoms with Crippen LogP contribution in [0.4, 0.5) is 18.9 Å². The van der Waals surface area contributed by atoms with E-state index in [4.69, 9.17) is 14.6 Å². The first kappa shape index (κ1) is 19.9. The van der Waals surface area contributed by atoms with Gasteiger partial charge in [-0.25, -0.2) is 0 Å². The van der Waals surface area contributed by atoms with Crippen LogP contribution in [0.2, 0.25) is 0 Å². The third-order valence-corrected chi connectivity index (χ3v) is 3.65. The van der Waals surface area contributed by atoms with Crippen molar-refractivity contribution in [1.29, 1.82) is 0 Å². The Morgan fingerprint density at radius 2 is 1.88 bits per heavy atom. The van der Waals surface area contributed by atoms with E-state index in [1.165, 1.54) is 20.3 Å². The lowest BCUT2D eigenvalue weighted by Crippen LogP contribution is -2.34. The number of alkyl halides is 3. The number of amides is 2. The number of hydrogen-bond donors (Lipinski definition) is 2. The Morgan fingerprint density at radius 1 is 1.23 bits per heavy atom. The minimum atomic E-state index is -4.69. The first-order valence-electron chi connectivity index (χ1n) is 7.45. The lowest BCUT2D eigenvalue weighted by Gasteiger charge is -2.20. The van der Waals surface area contributed by atoms with Crippen LogP contribution in [0.25, 0.3) is 0 Å². The molecule has 0 spiro atoms. The zero-order valence-electron chi connectivity index (χ0n) is 14.0. The highest BCUT2D eigenvalue weighted by atomic mass is 19.4. The third kappa shape index (κ3) is 4.03. The topological polar surface area (TPSA) is 88.1 Å². The Hall–Kier alpha value is -2.43. The minimum absolute atomic E-state index is 0.0368. The largest absolute Gasteiger partial charge is 0.416 e. The van der Waals surface area contributed by atoms with Crippen LogP contribution in [-0.4, -0.2) is 49.2 Å². The molecule has 1 aromatic rings. The number of benzene rings is 1. The molecule has 0 radical (unpaired) electrons. The van der Waals surface area contributed by atoms with Gasteiger partial charge in [-0.2, -0.15) is 13.2 Å². The fourth-order valence-electron chi connectivity index (χ4n) is 2.50. The van der Waals surface area contributed by atoms with Crippen LogP contribution in [0.1, 0.15) is 17.4 Å². The summed E-state index contributed by atoms with van der Waals surface area (Å²) in [6.45, 7) is -0.615. The maximum absolute atomic E-state index is 13.4. The second kappa shape index (κ2) is 7.85. The summed E-state index contributed by atoms with van der Waals surface area (Å²) in [6.07, 6.45) is -4.93. The molecule has 0 atom stereocenters. The molecule has 0 aromatic heterocycles. The number of ether oxygens (including phenoxy) is 2. The van der Waals surface area contributed by atoms with Gasteiger partial charge in [0.1, 0.15) is 5.70 Å².